The fourth-order valence-electron chi connectivity index (χ4n) is 2.85. The lowest BCUT2D eigenvalue weighted by molar-refractivity contribution is 0.0932. The van der Waals surface area contributed by atoms with Crippen LogP contribution in [-0.2, 0) is 0 Å². The van der Waals surface area contributed by atoms with Gasteiger partial charge in [-0.3, -0.25) is 4.79 Å². The summed E-state index contributed by atoms with van der Waals surface area (Å²) in [6.07, 6.45) is 0.868. The highest BCUT2D eigenvalue weighted by Crippen LogP contribution is 2.25. The van der Waals surface area contributed by atoms with Crippen molar-refractivity contribution in [3.05, 3.63) is 59.2 Å². The third kappa shape index (κ3) is 4.99. The van der Waals surface area contributed by atoms with Gasteiger partial charge in [0.15, 0.2) is 0 Å². The number of ether oxygens (including phenoxy) is 2. The van der Waals surface area contributed by atoms with Crippen LogP contribution in [0, 0.1) is 12.8 Å². The lowest BCUT2D eigenvalue weighted by atomic mass is 9.96. The van der Waals surface area contributed by atoms with Crippen LogP contribution in [0.25, 0.3) is 0 Å². The van der Waals surface area contributed by atoms with Crippen LogP contribution in [0.4, 0.5) is 0 Å². The number of carbonyl (C=O) groups is 1. The SMILES string of the molecule is COc1ccc([C@@H](CC(C)C)NC(=O)c2ccc(OC)c(C)c2)cc1. The number of hydrogen-bond acceptors (Lipinski definition) is 3. The van der Waals surface area contributed by atoms with E-state index in [0.29, 0.717) is 11.5 Å². The minimum absolute atomic E-state index is 0.0409. The second-order valence-electron chi connectivity index (χ2n) is 6.61. The molecule has 2 aromatic rings. The van der Waals surface area contributed by atoms with Gasteiger partial charge in [0.05, 0.1) is 20.3 Å². The Bertz CT molecular complexity index is 708. The van der Waals surface area contributed by atoms with Crippen molar-refractivity contribution in [2.75, 3.05) is 14.2 Å². The second-order valence-corrected chi connectivity index (χ2v) is 6.61. The molecule has 0 heterocycles. The molecule has 0 saturated carbocycles. The first kappa shape index (κ1) is 18.8. The zero-order chi connectivity index (χ0) is 18.4. The number of carbonyl (C=O) groups excluding carboxylic acids is 1. The number of amides is 1. The van der Waals surface area contributed by atoms with E-state index in [1.165, 1.54) is 0 Å². The highest BCUT2D eigenvalue weighted by molar-refractivity contribution is 5.94. The predicted octanol–water partition coefficient (Wildman–Crippen LogP) is 4.53. The minimum atomic E-state index is -0.0766. The molecule has 2 aromatic carbocycles. The summed E-state index contributed by atoms with van der Waals surface area (Å²) in [6, 6.07) is 13.3. The molecule has 0 aliphatic carbocycles. The Kier molecular flexibility index (Phi) is 6.45. The van der Waals surface area contributed by atoms with Gasteiger partial charge in [-0.25, -0.2) is 0 Å². The average molecular weight is 341 g/mol. The van der Waals surface area contributed by atoms with Crippen LogP contribution in [0.5, 0.6) is 11.5 Å². The van der Waals surface area contributed by atoms with Crippen molar-refractivity contribution in [3.8, 4) is 11.5 Å². The Morgan fingerprint density at radius 2 is 1.72 bits per heavy atom. The average Bonchev–Trinajstić information content (AvgIpc) is 2.60. The molecule has 25 heavy (non-hydrogen) atoms. The lowest BCUT2D eigenvalue weighted by Gasteiger charge is -2.22. The molecular formula is C21H27NO3. The molecule has 0 bridgehead atoms. The van der Waals surface area contributed by atoms with Gasteiger partial charge in [-0.1, -0.05) is 26.0 Å². The topological polar surface area (TPSA) is 47.6 Å². The van der Waals surface area contributed by atoms with Crippen LogP contribution in [0.15, 0.2) is 42.5 Å². The number of methoxy groups -OCH3 is 2. The number of aryl methyl sites for hydroxylation is 1. The summed E-state index contributed by atoms with van der Waals surface area (Å²) < 4.78 is 10.5. The van der Waals surface area contributed by atoms with Gasteiger partial charge in [-0.2, -0.15) is 0 Å². The largest absolute Gasteiger partial charge is 0.497 e. The zero-order valence-electron chi connectivity index (χ0n) is 15.6. The molecule has 0 radical (unpaired) electrons. The fourth-order valence-corrected chi connectivity index (χ4v) is 2.85. The molecule has 1 N–H and O–H groups in total. The van der Waals surface area contributed by atoms with Crippen molar-refractivity contribution in [2.45, 2.75) is 33.2 Å². The summed E-state index contributed by atoms with van der Waals surface area (Å²) >= 11 is 0. The highest BCUT2D eigenvalue weighted by atomic mass is 16.5. The number of rotatable bonds is 7. The van der Waals surface area contributed by atoms with Crippen molar-refractivity contribution in [2.24, 2.45) is 5.92 Å². The molecule has 0 saturated heterocycles. The molecule has 0 aliphatic rings. The lowest BCUT2D eigenvalue weighted by Crippen LogP contribution is -2.29. The Labute approximate surface area is 150 Å². The first-order valence-electron chi connectivity index (χ1n) is 8.54. The smallest absolute Gasteiger partial charge is 0.251 e. The molecule has 0 unspecified atom stereocenters. The third-order valence-electron chi connectivity index (χ3n) is 4.19. The maximum absolute atomic E-state index is 12.7. The summed E-state index contributed by atoms with van der Waals surface area (Å²) in [5.74, 6) is 1.98. The van der Waals surface area contributed by atoms with Gasteiger partial charge in [0.2, 0.25) is 0 Å². The number of benzene rings is 2. The molecule has 0 aromatic heterocycles. The van der Waals surface area contributed by atoms with Crippen molar-refractivity contribution < 1.29 is 14.3 Å². The number of nitrogens with one attached hydrogen (secondary N) is 1. The molecular weight excluding hydrogens is 314 g/mol. The van der Waals surface area contributed by atoms with E-state index in [1.807, 2.05) is 43.3 Å². The molecule has 2 rings (SSSR count). The molecule has 134 valence electrons. The fraction of sp³-hybridized carbons (Fsp3) is 0.381. The first-order valence-corrected chi connectivity index (χ1v) is 8.54. The van der Waals surface area contributed by atoms with E-state index in [0.717, 1.165) is 29.0 Å². The summed E-state index contributed by atoms with van der Waals surface area (Å²) in [4.78, 5) is 12.7. The summed E-state index contributed by atoms with van der Waals surface area (Å²) in [6.45, 7) is 6.24. The van der Waals surface area contributed by atoms with Gasteiger partial charge in [0.25, 0.3) is 5.91 Å². The van der Waals surface area contributed by atoms with E-state index in [1.54, 1.807) is 20.3 Å². The molecule has 0 spiro atoms. The molecule has 4 nitrogen and oxygen atoms in total. The standard InChI is InChI=1S/C21H27NO3/c1-14(2)12-19(16-6-9-18(24-4)10-7-16)22-21(23)17-8-11-20(25-5)15(3)13-17/h6-11,13-14,19H,12H2,1-5H3,(H,22,23)/t19-/m1/s1. The molecule has 0 aliphatic heterocycles. The maximum Gasteiger partial charge on any atom is 0.251 e. The molecule has 0 fully saturated rings. The van der Waals surface area contributed by atoms with Gasteiger partial charge in [0, 0.05) is 5.56 Å². The molecule has 1 amide bonds. The van der Waals surface area contributed by atoms with E-state index in [9.17, 15) is 4.79 Å². The summed E-state index contributed by atoms with van der Waals surface area (Å²) in [5.41, 5.74) is 2.66. The van der Waals surface area contributed by atoms with Gasteiger partial charge in [-0.05, 0) is 60.7 Å². The van der Waals surface area contributed by atoms with Gasteiger partial charge < -0.3 is 14.8 Å². The Morgan fingerprint density at radius 3 is 2.24 bits per heavy atom. The van der Waals surface area contributed by atoms with Crippen LogP contribution in [-0.4, -0.2) is 20.1 Å². The Hall–Kier alpha value is -2.49. The minimum Gasteiger partial charge on any atom is -0.497 e. The predicted molar refractivity (Wildman–Crippen MR) is 100 cm³/mol. The molecule has 1 atom stereocenters. The normalized spacial score (nSPS) is 11.9. The van der Waals surface area contributed by atoms with Gasteiger partial charge in [0.1, 0.15) is 11.5 Å². The van der Waals surface area contributed by atoms with Crippen LogP contribution >= 0.6 is 0 Å². The highest BCUT2D eigenvalue weighted by Gasteiger charge is 2.18. The Balaban J connectivity index is 2.20. The molecule has 4 heteroatoms. The van der Waals surface area contributed by atoms with E-state index in [2.05, 4.69) is 19.2 Å². The zero-order valence-corrected chi connectivity index (χ0v) is 15.6. The van der Waals surface area contributed by atoms with E-state index in [4.69, 9.17) is 9.47 Å². The van der Waals surface area contributed by atoms with E-state index >= 15 is 0 Å². The maximum atomic E-state index is 12.7. The van der Waals surface area contributed by atoms with Gasteiger partial charge >= 0.3 is 0 Å². The van der Waals surface area contributed by atoms with Crippen molar-refractivity contribution in [3.63, 3.8) is 0 Å². The Morgan fingerprint density at radius 1 is 1.04 bits per heavy atom. The number of hydrogen-bond donors (Lipinski definition) is 1. The van der Waals surface area contributed by atoms with Crippen molar-refractivity contribution >= 4 is 5.91 Å². The monoisotopic (exact) mass is 341 g/mol. The van der Waals surface area contributed by atoms with Crippen LogP contribution in [0.1, 0.15) is 47.8 Å². The van der Waals surface area contributed by atoms with Crippen LogP contribution in [0.2, 0.25) is 0 Å². The second kappa shape index (κ2) is 8.56. The van der Waals surface area contributed by atoms with Crippen LogP contribution in [0.3, 0.4) is 0 Å². The van der Waals surface area contributed by atoms with Gasteiger partial charge in [-0.15, -0.1) is 0 Å². The quantitative estimate of drug-likeness (QED) is 0.805. The third-order valence-corrected chi connectivity index (χ3v) is 4.19. The van der Waals surface area contributed by atoms with E-state index < -0.39 is 0 Å². The summed E-state index contributed by atoms with van der Waals surface area (Å²) in [7, 11) is 3.28. The van der Waals surface area contributed by atoms with Crippen molar-refractivity contribution in [1.29, 1.82) is 0 Å². The first-order chi connectivity index (χ1) is 11.9. The van der Waals surface area contributed by atoms with Crippen molar-refractivity contribution in [1.82, 2.24) is 5.32 Å². The summed E-state index contributed by atoms with van der Waals surface area (Å²) in [5, 5.41) is 3.16. The van der Waals surface area contributed by atoms with Crippen LogP contribution < -0.4 is 14.8 Å². The van der Waals surface area contributed by atoms with E-state index in [-0.39, 0.29) is 11.9 Å².